The molecule has 1 aliphatic rings. The molecule has 2 N–H and O–H groups in total. The zero-order valence-corrected chi connectivity index (χ0v) is 11.8. The normalized spacial score (nSPS) is 21.4. The third-order valence-corrected chi connectivity index (χ3v) is 3.79. The fourth-order valence-electron chi connectivity index (χ4n) is 2.11. The number of likely N-dealkylation sites (tertiary alicyclic amines) is 1. The van der Waals surface area contributed by atoms with Gasteiger partial charge in [-0.3, -0.25) is 0 Å². The highest BCUT2D eigenvalue weighted by Crippen LogP contribution is 2.15. The van der Waals surface area contributed by atoms with Crippen molar-refractivity contribution in [2.24, 2.45) is 5.92 Å². The van der Waals surface area contributed by atoms with Crippen molar-refractivity contribution in [2.45, 2.75) is 32.2 Å². The Bertz CT molecular complexity index is 299. The molecule has 0 aromatic carbocycles. The number of aliphatic carboxylic acids is 1. The number of nitrogens with one attached hydrogen (secondary N) is 1. The zero-order valence-electron chi connectivity index (χ0n) is 11.0. The first-order valence-electron chi connectivity index (χ1n) is 6.31. The fraction of sp³-hybridized carbons (Fsp3) is 0.833. The molecule has 1 fully saturated rings. The number of hydrogen-bond acceptors (Lipinski definition) is 3. The van der Waals surface area contributed by atoms with Crippen molar-refractivity contribution >= 4 is 23.8 Å². The molecule has 18 heavy (non-hydrogen) atoms. The van der Waals surface area contributed by atoms with Gasteiger partial charge in [0.2, 0.25) is 0 Å². The third kappa shape index (κ3) is 4.76. The van der Waals surface area contributed by atoms with Crippen molar-refractivity contribution in [2.75, 3.05) is 25.1 Å². The summed E-state index contributed by atoms with van der Waals surface area (Å²) in [6, 6.07) is -1.02. The zero-order chi connectivity index (χ0) is 13.5. The van der Waals surface area contributed by atoms with E-state index in [9.17, 15) is 9.59 Å². The van der Waals surface area contributed by atoms with E-state index in [1.807, 2.05) is 6.26 Å². The van der Waals surface area contributed by atoms with Crippen LogP contribution in [0.2, 0.25) is 0 Å². The predicted molar refractivity (Wildman–Crippen MR) is 72.9 cm³/mol. The van der Waals surface area contributed by atoms with Crippen molar-refractivity contribution in [3.05, 3.63) is 0 Å². The molecule has 0 aromatic heterocycles. The summed E-state index contributed by atoms with van der Waals surface area (Å²) in [4.78, 5) is 24.7. The Morgan fingerprint density at radius 1 is 1.56 bits per heavy atom. The molecule has 0 bridgehead atoms. The van der Waals surface area contributed by atoms with Gasteiger partial charge in [0.15, 0.2) is 0 Å². The third-order valence-electron chi connectivity index (χ3n) is 3.15. The van der Waals surface area contributed by atoms with Crippen LogP contribution in [0, 0.1) is 5.92 Å². The van der Waals surface area contributed by atoms with Crippen molar-refractivity contribution < 1.29 is 14.7 Å². The molecule has 6 heteroatoms. The Morgan fingerprint density at radius 2 is 2.28 bits per heavy atom. The van der Waals surface area contributed by atoms with E-state index in [2.05, 4.69) is 12.2 Å². The van der Waals surface area contributed by atoms with Crippen LogP contribution in [0.3, 0.4) is 0 Å². The SMILES string of the molecule is CSCC[C@H](NC(=O)N1CCCC(C)C1)C(=O)O. The molecule has 0 spiro atoms. The van der Waals surface area contributed by atoms with Crippen LogP contribution in [0.4, 0.5) is 4.79 Å². The molecule has 1 heterocycles. The van der Waals surface area contributed by atoms with Crippen LogP contribution < -0.4 is 5.32 Å². The van der Waals surface area contributed by atoms with Gasteiger partial charge in [0.25, 0.3) is 0 Å². The summed E-state index contributed by atoms with van der Waals surface area (Å²) in [5.41, 5.74) is 0. The Hall–Kier alpha value is -0.910. The largest absolute Gasteiger partial charge is 0.480 e. The summed E-state index contributed by atoms with van der Waals surface area (Å²) in [7, 11) is 0. The van der Waals surface area contributed by atoms with Gasteiger partial charge in [-0.05, 0) is 37.2 Å². The number of hydrogen-bond donors (Lipinski definition) is 2. The first-order chi connectivity index (χ1) is 8.54. The lowest BCUT2D eigenvalue weighted by molar-refractivity contribution is -0.139. The van der Waals surface area contributed by atoms with E-state index in [0.717, 1.165) is 31.7 Å². The van der Waals surface area contributed by atoms with Crippen LogP contribution >= 0.6 is 11.8 Å². The van der Waals surface area contributed by atoms with Crippen LogP contribution in [0.5, 0.6) is 0 Å². The molecule has 1 unspecified atom stereocenters. The molecule has 0 radical (unpaired) electrons. The minimum Gasteiger partial charge on any atom is -0.480 e. The number of urea groups is 1. The van der Waals surface area contributed by atoms with Crippen LogP contribution in [0.1, 0.15) is 26.2 Å². The highest BCUT2D eigenvalue weighted by atomic mass is 32.2. The highest BCUT2D eigenvalue weighted by molar-refractivity contribution is 7.98. The number of carboxylic acid groups (broad SMARTS) is 1. The maximum Gasteiger partial charge on any atom is 0.326 e. The Kier molecular flexibility index (Phi) is 6.32. The number of nitrogens with zero attached hydrogens (tertiary/aromatic N) is 1. The number of amides is 2. The molecule has 1 aliphatic heterocycles. The van der Waals surface area contributed by atoms with Gasteiger partial charge in [0, 0.05) is 13.1 Å². The Labute approximate surface area is 112 Å². The van der Waals surface area contributed by atoms with Gasteiger partial charge in [-0.15, -0.1) is 0 Å². The van der Waals surface area contributed by atoms with Crippen LogP contribution in [0.15, 0.2) is 0 Å². The van der Waals surface area contributed by atoms with E-state index in [4.69, 9.17) is 5.11 Å². The molecule has 0 saturated carbocycles. The summed E-state index contributed by atoms with van der Waals surface area (Å²) in [5, 5.41) is 11.7. The van der Waals surface area contributed by atoms with Gasteiger partial charge < -0.3 is 15.3 Å². The molecule has 5 nitrogen and oxygen atoms in total. The molecule has 104 valence electrons. The second-order valence-corrected chi connectivity index (χ2v) is 5.80. The average Bonchev–Trinajstić information content (AvgIpc) is 2.33. The lowest BCUT2D eigenvalue weighted by Gasteiger charge is -2.31. The van der Waals surface area contributed by atoms with Crippen molar-refractivity contribution in [3.63, 3.8) is 0 Å². The first-order valence-corrected chi connectivity index (χ1v) is 7.71. The lowest BCUT2D eigenvalue weighted by Crippen LogP contribution is -2.50. The summed E-state index contributed by atoms with van der Waals surface area (Å²) < 4.78 is 0. The van der Waals surface area contributed by atoms with Crippen molar-refractivity contribution in [3.8, 4) is 0 Å². The van der Waals surface area contributed by atoms with Gasteiger partial charge >= 0.3 is 12.0 Å². The van der Waals surface area contributed by atoms with E-state index >= 15 is 0 Å². The quantitative estimate of drug-likeness (QED) is 0.799. The van der Waals surface area contributed by atoms with Gasteiger partial charge in [-0.1, -0.05) is 6.92 Å². The van der Waals surface area contributed by atoms with Crippen molar-refractivity contribution in [1.82, 2.24) is 10.2 Å². The van der Waals surface area contributed by atoms with Gasteiger partial charge in [0.05, 0.1) is 0 Å². The maximum atomic E-state index is 12.0. The molecule has 1 saturated heterocycles. The van der Waals surface area contributed by atoms with Crippen LogP contribution in [-0.2, 0) is 4.79 Å². The summed E-state index contributed by atoms with van der Waals surface area (Å²) in [5.74, 6) is 0.273. The summed E-state index contributed by atoms with van der Waals surface area (Å²) in [6.07, 6.45) is 4.52. The molecular weight excluding hydrogens is 252 g/mol. The summed E-state index contributed by atoms with van der Waals surface area (Å²) >= 11 is 1.58. The second kappa shape index (κ2) is 7.51. The Balaban J connectivity index is 2.46. The van der Waals surface area contributed by atoms with Gasteiger partial charge in [-0.25, -0.2) is 9.59 Å². The standard InChI is InChI=1S/C12H22N2O3S/c1-9-4-3-6-14(8-9)12(17)13-10(11(15)16)5-7-18-2/h9-10H,3-8H2,1-2H3,(H,13,17)(H,15,16)/t9?,10-/m0/s1. The average molecular weight is 274 g/mol. The molecule has 1 rings (SSSR count). The lowest BCUT2D eigenvalue weighted by atomic mass is 10.0. The number of piperidine rings is 1. The van der Waals surface area contributed by atoms with Gasteiger partial charge in [0.1, 0.15) is 6.04 Å². The number of rotatable bonds is 5. The monoisotopic (exact) mass is 274 g/mol. The van der Waals surface area contributed by atoms with E-state index in [1.54, 1.807) is 16.7 Å². The minimum absolute atomic E-state index is 0.241. The van der Waals surface area contributed by atoms with Crippen LogP contribution in [-0.4, -0.2) is 53.1 Å². The predicted octanol–water partition coefficient (Wildman–Crippen LogP) is 1.63. The highest BCUT2D eigenvalue weighted by Gasteiger charge is 2.25. The Morgan fingerprint density at radius 3 is 2.83 bits per heavy atom. The fourth-order valence-corrected chi connectivity index (χ4v) is 2.58. The topological polar surface area (TPSA) is 69.6 Å². The number of carbonyl (C=O) groups is 2. The number of carbonyl (C=O) groups excluding carboxylic acids is 1. The molecule has 2 atom stereocenters. The van der Waals surface area contributed by atoms with Gasteiger partial charge in [-0.2, -0.15) is 11.8 Å². The minimum atomic E-state index is -0.956. The summed E-state index contributed by atoms with van der Waals surface area (Å²) in [6.45, 7) is 3.56. The van der Waals surface area contributed by atoms with E-state index < -0.39 is 12.0 Å². The maximum absolute atomic E-state index is 12.0. The molecule has 0 aromatic rings. The second-order valence-electron chi connectivity index (χ2n) is 4.82. The van der Waals surface area contributed by atoms with E-state index in [0.29, 0.717) is 12.3 Å². The molecule has 0 aliphatic carbocycles. The smallest absolute Gasteiger partial charge is 0.326 e. The van der Waals surface area contributed by atoms with Crippen LogP contribution in [0.25, 0.3) is 0 Å². The first kappa shape index (κ1) is 15.1. The number of thioether (sulfide) groups is 1. The van der Waals surface area contributed by atoms with Crippen molar-refractivity contribution in [1.29, 1.82) is 0 Å². The van der Waals surface area contributed by atoms with E-state index in [-0.39, 0.29) is 6.03 Å². The van der Waals surface area contributed by atoms with E-state index in [1.165, 1.54) is 0 Å². The molecule has 2 amide bonds. The molecular formula is C12H22N2O3S. The number of carboxylic acids is 1.